The molecule has 0 saturated carbocycles. The topological polar surface area (TPSA) is 97.8 Å². The van der Waals surface area contributed by atoms with Crippen LogP contribution in [0.2, 0.25) is 0 Å². The van der Waals surface area contributed by atoms with Gasteiger partial charge in [-0.1, -0.05) is 18.7 Å². The fraction of sp³-hybridized carbons (Fsp3) is 0.308. The number of alkyl carbamates (subject to hydrolysis) is 1. The number of amides is 1. The highest BCUT2D eigenvalue weighted by molar-refractivity contribution is 5.85. The van der Waals surface area contributed by atoms with E-state index >= 15 is 0 Å². The van der Waals surface area contributed by atoms with Gasteiger partial charge in [0.15, 0.2) is 5.69 Å². The molecule has 0 unspecified atom stereocenters. The first-order chi connectivity index (χ1) is 9.52. The lowest BCUT2D eigenvalue weighted by Gasteiger charge is -2.14. The second kappa shape index (κ2) is 7.78. The minimum absolute atomic E-state index is 0.103. The first-order valence-electron chi connectivity index (χ1n) is 5.90. The van der Waals surface area contributed by atoms with E-state index < -0.39 is 12.1 Å². The number of aromatic nitrogens is 1. The summed E-state index contributed by atoms with van der Waals surface area (Å²) in [6.07, 6.45) is 0.885. The van der Waals surface area contributed by atoms with E-state index in [4.69, 9.17) is 14.6 Å². The van der Waals surface area contributed by atoms with Crippen molar-refractivity contribution >= 4 is 12.1 Å². The van der Waals surface area contributed by atoms with E-state index in [1.165, 1.54) is 24.3 Å². The van der Waals surface area contributed by atoms with Gasteiger partial charge in [-0.3, -0.25) is 0 Å². The molecule has 0 spiro atoms. The second-order valence-corrected chi connectivity index (χ2v) is 3.91. The van der Waals surface area contributed by atoms with Crippen LogP contribution >= 0.6 is 0 Å². The van der Waals surface area contributed by atoms with Crippen LogP contribution in [-0.2, 0) is 4.74 Å². The van der Waals surface area contributed by atoms with E-state index in [-0.39, 0.29) is 30.8 Å². The smallest absolute Gasteiger partial charge is 0.407 e. The van der Waals surface area contributed by atoms with Crippen molar-refractivity contribution in [2.45, 2.75) is 13.0 Å². The standard InChI is InChI=1S/C13H16N2O5/c1-3-7-19-13(18)14-9(2)8-20-11-6-4-5-10(15-11)12(16)17/h3-6,9H,1,7-8H2,2H3,(H,14,18)(H,16,17)/t9-/m1/s1. The Bertz CT molecular complexity index is 489. The van der Waals surface area contributed by atoms with Crippen molar-refractivity contribution in [1.29, 1.82) is 0 Å². The summed E-state index contributed by atoms with van der Waals surface area (Å²) in [7, 11) is 0. The Balaban J connectivity index is 2.42. The van der Waals surface area contributed by atoms with Crippen LogP contribution in [0, 0.1) is 0 Å². The van der Waals surface area contributed by atoms with Gasteiger partial charge in [-0.05, 0) is 13.0 Å². The Hall–Kier alpha value is -2.57. The molecular formula is C13H16N2O5. The zero-order chi connectivity index (χ0) is 15.0. The molecule has 1 heterocycles. The minimum Gasteiger partial charge on any atom is -0.477 e. The highest BCUT2D eigenvalue weighted by Crippen LogP contribution is 2.07. The molecule has 0 aromatic carbocycles. The van der Waals surface area contributed by atoms with Crippen LogP contribution in [0.5, 0.6) is 5.88 Å². The van der Waals surface area contributed by atoms with E-state index in [0.717, 1.165) is 0 Å². The second-order valence-electron chi connectivity index (χ2n) is 3.91. The Morgan fingerprint density at radius 1 is 1.55 bits per heavy atom. The van der Waals surface area contributed by atoms with Crippen LogP contribution in [0.3, 0.4) is 0 Å². The van der Waals surface area contributed by atoms with Gasteiger partial charge in [0, 0.05) is 6.07 Å². The molecule has 0 saturated heterocycles. The average Bonchev–Trinajstić information content (AvgIpc) is 2.43. The van der Waals surface area contributed by atoms with Gasteiger partial charge in [0.1, 0.15) is 13.2 Å². The van der Waals surface area contributed by atoms with Gasteiger partial charge in [0.2, 0.25) is 5.88 Å². The maximum Gasteiger partial charge on any atom is 0.407 e. The van der Waals surface area contributed by atoms with Gasteiger partial charge in [-0.25, -0.2) is 14.6 Å². The van der Waals surface area contributed by atoms with Gasteiger partial charge in [0.25, 0.3) is 0 Å². The Morgan fingerprint density at radius 3 is 2.95 bits per heavy atom. The summed E-state index contributed by atoms with van der Waals surface area (Å²) in [4.78, 5) is 25.8. The number of nitrogens with one attached hydrogen (secondary N) is 1. The lowest BCUT2D eigenvalue weighted by molar-refractivity contribution is 0.0689. The predicted molar refractivity (Wildman–Crippen MR) is 70.8 cm³/mol. The summed E-state index contributed by atoms with van der Waals surface area (Å²) in [6, 6.07) is 4.11. The summed E-state index contributed by atoms with van der Waals surface area (Å²) >= 11 is 0. The van der Waals surface area contributed by atoms with E-state index in [0.29, 0.717) is 0 Å². The minimum atomic E-state index is -1.13. The lowest BCUT2D eigenvalue weighted by atomic mass is 10.3. The summed E-state index contributed by atoms with van der Waals surface area (Å²) in [6.45, 7) is 5.41. The fourth-order valence-electron chi connectivity index (χ4n) is 1.24. The van der Waals surface area contributed by atoms with Gasteiger partial charge in [0.05, 0.1) is 6.04 Å². The molecule has 0 aliphatic rings. The molecule has 1 aromatic heterocycles. The van der Waals surface area contributed by atoms with Crippen molar-refractivity contribution in [2.75, 3.05) is 13.2 Å². The number of carbonyl (C=O) groups excluding carboxylic acids is 1. The molecular weight excluding hydrogens is 264 g/mol. The lowest BCUT2D eigenvalue weighted by Crippen LogP contribution is -2.37. The Labute approximate surface area is 116 Å². The summed E-state index contributed by atoms with van der Waals surface area (Å²) in [5.41, 5.74) is -0.103. The van der Waals surface area contributed by atoms with Crippen LogP contribution in [-0.4, -0.2) is 41.4 Å². The van der Waals surface area contributed by atoms with Gasteiger partial charge >= 0.3 is 12.1 Å². The van der Waals surface area contributed by atoms with Crippen LogP contribution in [0.15, 0.2) is 30.9 Å². The molecule has 0 aliphatic heterocycles. The largest absolute Gasteiger partial charge is 0.477 e. The first-order valence-corrected chi connectivity index (χ1v) is 5.90. The van der Waals surface area contributed by atoms with Crippen molar-refractivity contribution in [3.63, 3.8) is 0 Å². The molecule has 0 bridgehead atoms. The van der Waals surface area contributed by atoms with Crippen LogP contribution in [0.4, 0.5) is 4.79 Å². The molecule has 0 radical (unpaired) electrons. The number of pyridine rings is 1. The van der Waals surface area contributed by atoms with Crippen LogP contribution < -0.4 is 10.1 Å². The number of carbonyl (C=O) groups is 2. The third-order valence-corrected chi connectivity index (χ3v) is 2.12. The SMILES string of the molecule is C=CCOC(=O)N[C@H](C)COc1cccc(C(=O)O)n1. The molecule has 7 nitrogen and oxygen atoms in total. The highest BCUT2D eigenvalue weighted by Gasteiger charge is 2.10. The van der Waals surface area contributed by atoms with Gasteiger partial charge in [-0.2, -0.15) is 0 Å². The zero-order valence-electron chi connectivity index (χ0n) is 11.0. The Kier molecular flexibility index (Phi) is 6.02. The number of nitrogens with zero attached hydrogens (tertiary/aromatic N) is 1. The maximum absolute atomic E-state index is 11.2. The molecule has 1 amide bonds. The first kappa shape index (κ1) is 15.5. The molecule has 1 aromatic rings. The molecule has 0 aliphatic carbocycles. The molecule has 20 heavy (non-hydrogen) atoms. The molecule has 1 atom stereocenters. The number of hydrogen-bond donors (Lipinski definition) is 2. The van der Waals surface area contributed by atoms with Gasteiger partial charge < -0.3 is 19.9 Å². The highest BCUT2D eigenvalue weighted by atomic mass is 16.5. The number of carboxylic acid groups (broad SMARTS) is 1. The molecule has 1 rings (SSSR count). The summed E-state index contributed by atoms with van der Waals surface area (Å²) in [5.74, 6) is -0.951. The molecule has 108 valence electrons. The fourth-order valence-corrected chi connectivity index (χ4v) is 1.24. The van der Waals surface area contributed by atoms with E-state index in [2.05, 4.69) is 16.9 Å². The number of aromatic carboxylic acids is 1. The molecule has 0 fully saturated rings. The van der Waals surface area contributed by atoms with Crippen molar-refractivity contribution in [3.8, 4) is 5.88 Å². The zero-order valence-corrected chi connectivity index (χ0v) is 11.0. The van der Waals surface area contributed by atoms with Crippen LogP contribution in [0.1, 0.15) is 17.4 Å². The Morgan fingerprint density at radius 2 is 2.30 bits per heavy atom. The van der Waals surface area contributed by atoms with Crippen molar-refractivity contribution < 1.29 is 24.2 Å². The van der Waals surface area contributed by atoms with Crippen molar-refractivity contribution in [2.24, 2.45) is 0 Å². The number of rotatable bonds is 7. The summed E-state index contributed by atoms with van der Waals surface area (Å²) in [5, 5.41) is 11.3. The van der Waals surface area contributed by atoms with Crippen LogP contribution in [0.25, 0.3) is 0 Å². The third-order valence-electron chi connectivity index (χ3n) is 2.12. The predicted octanol–water partition coefficient (Wildman–Crippen LogP) is 1.46. The molecule has 7 heteroatoms. The van der Waals surface area contributed by atoms with E-state index in [1.54, 1.807) is 6.92 Å². The van der Waals surface area contributed by atoms with E-state index in [1.807, 2.05) is 0 Å². The maximum atomic E-state index is 11.2. The number of hydrogen-bond acceptors (Lipinski definition) is 5. The van der Waals surface area contributed by atoms with Gasteiger partial charge in [-0.15, -0.1) is 0 Å². The average molecular weight is 280 g/mol. The van der Waals surface area contributed by atoms with Crippen molar-refractivity contribution in [1.82, 2.24) is 10.3 Å². The number of carboxylic acids is 1. The monoisotopic (exact) mass is 280 g/mol. The van der Waals surface area contributed by atoms with E-state index in [9.17, 15) is 9.59 Å². The summed E-state index contributed by atoms with van der Waals surface area (Å²) < 4.78 is 10.0. The third kappa shape index (κ3) is 5.38. The quantitative estimate of drug-likeness (QED) is 0.734. The normalized spacial score (nSPS) is 11.2. The van der Waals surface area contributed by atoms with Crippen molar-refractivity contribution in [3.05, 3.63) is 36.5 Å². The number of ether oxygens (including phenoxy) is 2. The molecule has 2 N–H and O–H groups in total.